The van der Waals surface area contributed by atoms with Gasteiger partial charge in [0.1, 0.15) is 5.56 Å². The van der Waals surface area contributed by atoms with Gasteiger partial charge in [-0.25, -0.2) is 14.0 Å². The lowest BCUT2D eigenvalue weighted by atomic mass is 10.2. The van der Waals surface area contributed by atoms with Crippen molar-refractivity contribution < 1.29 is 22.7 Å². The summed E-state index contributed by atoms with van der Waals surface area (Å²) < 4.78 is 47.5. The number of aromatic nitrogens is 4. The quantitative estimate of drug-likeness (QED) is 0.689. The molecule has 0 atom stereocenters. The van der Waals surface area contributed by atoms with Crippen LogP contribution in [-0.4, -0.2) is 32.0 Å². The molecule has 3 rings (SSSR count). The van der Waals surface area contributed by atoms with E-state index in [-0.39, 0.29) is 12.3 Å². The van der Waals surface area contributed by atoms with Crippen molar-refractivity contribution in [2.75, 3.05) is 6.61 Å². The van der Waals surface area contributed by atoms with Gasteiger partial charge in [0, 0.05) is 5.69 Å². The third kappa shape index (κ3) is 2.51. The number of rotatable bonds is 3. The van der Waals surface area contributed by atoms with Crippen molar-refractivity contribution in [1.82, 2.24) is 19.4 Å². The van der Waals surface area contributed by atoms with Gasteiger partial charge < -0.3 is 4.74 Å². The van der Waals surface area contributed by atoms with Gasteiger partial charge in [0.05, 0.1) is 30.2 Å². The summed E-state index contributed by atoms with van der Waals surface area (Å²) >= 11 is 0. The van der Waals surface area contributed by atoms with Crippen molar-refractivity contribution in [3.05, 3.63) is 47.5 Å². The molecule has 0 aliphatic heterocycles. The van der Waals surface area contributed by atoms with Crippen LogP contribution < -0.4 is 0 Å². The molecule has 0 radical (unpaired) electrons. The maximum absolute atomic E-state index is 13.5. The second-order valence-corrected chi connectivity index (χ2v) is 5.03. The van der Waals surface area contributed by atoms with E-state index in [9.17, 15) is 18.0 Å². The minimum Gasteiger partial charge on any atom is -0.462 e. The van der Waals surface area contributed by atoms with Crippen molar-refractivity contribution in [1.29, 1.82) is 0 Å². The number of carbonyl (C=O) groups is 1. The Morgan fingerprint density at radius 2 is 2.00 bits per heavy atom. The fourth-order valence-electron chi connectivity index (χ4n) is 2.48. The summed E-state index contributed by atoms with van der Waals surface area (Å²) in [5.74, 6) is -1.06. The first-order chi connectivity index (χ1) is 11.3. The van der Waals surface area contributed by atoms with Gasteiger partial charge in [0.2, 0.25) is 0 Å². The minimum atomic E-state index is -4.78. The zero-order valence-corrected chi connectivity index (χ0v) is 12.8. The number of ether oxygens (including phenoxy) is 1. The van der Waals surface area contributed by atoms with E-state index in [0.29, 0.717) is 10.2 Å². The van der Waals surface area contributed by atoms with Gasteiger partial charge >= 0.3 is 12.1 Å². The van der Waals surface area contributed by atoms with Gasteiger partial charge in [-0.1, -0.05) is 0 Å². The average Bonchev–Trinajstić information content (AvgIpc) is 3.14. The first-order valence-electron chi connectivity index (χ1n) is 7.10. The molecule has 0 spiro atoms. The molecule has 0 saturated carbocycles. The van der Waals surface area contributed by atoms with Crippen molar-refractivity contribution in [2.45, 2.75) is 20.0 Å². The molecule has 0 saturated heterocycles. The van der Waals surface area contributed by atoms with Gasteiger partial charge in [0.15, 0.2) is 5.69 Å². The van der Waals surface area contributed by atoms with Crippen LogP contribution in [0.5, 0.6) is 0 Å². The third-order valence-electron chi connectivity index (χ3n) is 3.48. The Balaban J connectivity index is 2.26. The van der Waals surface area contributed by atoms with Gasteiger partial charge in [-0.3, -0.25) is 0 Å². The van der Waals surface area contributed by atoms with Crippen LogP contribution in [0.15, 0.2) is 30.6 Å². The van der Waals surface area contributed by atoms with Crippen molar-refractivity contribution in [3.63, 3.8) is 0 Å². The highest BCUT2D eigenvalue weighted by molar-refractivity contribution is 5.91. The number of aryl methyl sites for hydroxylation is 1. The highest BCUT2D eigenvalue weighted by Gasteiger charge is 2.41. The zero-order chi connectivity index (χ0) is 17.5. The molecule has 0 unspecified atom stereocenters. The topological polar surface area (TPSA) is 61.4 Å². The normalized spacial score (nSPS) is 11.9. The van der Waals surface area contributed by atoms with E-state index < -0.39 is 23.4 Å². The molecule has 3 aromatic heterocycles. The van der Waals surface area contributed by atoms with Crippen LogP contribution in [0.2, 0.25) is 0 Å². The highest BCUT2D eigenvalue weighted by atomic mass is 19.4. The lowest BCUT2D eigenvalue weighted by Crippen LogP contribution is -2.19. The molecule has 0 fully saturated rings. The predicted molar refractivity (Wildman–Crippen MR) is 78.0 cm³/mol. The molecular formula is C15H13F3N4O2. The van der Waals surface area contributed by atoms with E-state index in [4.69, 9.17) is 4.74 Å². The Kier molecular flexibility index (Phi) is 3.78. The number of pyridine rings is 1. The first kappa shape index (κ1) is 16.0. The van der Waals surface area contributed by atoms with E-state index in [1.54, 1.807) is 19.1 Å². The number of fused-ring (bicyclic) bond motifs is 1. The summed E-state index contributed by atoms with van der Waals surface area (Å²) in [7, 11) is 0. The second-order valence-electron chi connectivity index (χ2n) is 5.03. The van der Waals surface area contributed by atoms with Crippen LogP contribution in [-0.2, 0) is 10.9 Å². The van der Waals surface area contributed by atoms with Gasteiger partial charge in [-0.2, -0.15) is 23.4 Å². The highest BCUT2D eigenvalue weighted by Crippen LogP contribution is 2.34. The van der Waals surface area contributed by atoms with Gasteiger partial charge in [0.25, 0.3) is 0 Å². The number of hydrogen-bond acceptors (Lipinski definition) is 4. The molecule has 0 aliphatic carbocycles. The van der Waals surface area contributed by atoms with Crippen molar-refractivity contribution in [3.8, 4) is 5.69 Å². The monoisotopic (exact) mass is 338 g/mol. The average molecular weight is 338 g/mol. The fourth-order valence-corrected chi connectivity index (χ4v) is 2.48. The van der Waals surface area contributed by atoms with E-state index in [1.165, 1.54) is 23.7 Å². The summed E-state index contributed by atoms with van der Waals surface area (Å²) in [6.45, 7) is 3.27. The summed E-state index contributed by atoms with van der Waals surface area (Å²) in [4.78, 5) is 11.8. The molecule has 24 heavy (non-hydrogen) atoms. The second kappa shape index (κ2) is 5.66. The lowest BCUT2D eigenvalue weighted by Gasteiger charge is -2.13. The SMILES string of the molecule is CCOC(=O)c1cnn(-c2ccc(C)n3nccc23)c1C(F)(F)F. The molecule has 0 aromatic carbocycles. The van der Waals surface area contributed by atoms with E-state index >= 15 is 0 Å². The molecule has 0 amide bonds. The summed E-state index contributed by atoms with van der Waals surface area (Å²) in [5, 5.41) is 7.84. The Labute approximate surface area is 134 Å². The Hall–Kier alpha value is -2.84. The molecule has 0 N–H and O–H groups in total. The molecule has 0 bridgehead atoms. The standard InChI is InChI=1S/C15H13F3N4O2/c1-3-24-14(23)10-8-20-22(13(10)15(16,17)18)11-5-4-9(2)21-12(11)6-7-19-21/h4-8H,3H2,1-2H3. The molecule has 9 heteroatoms. The smallest absolute Gasteiger partial charge is 0.434 e. The Morgan fingerprint density at radius 3 is 2.67 bits per heavy atom. The molecule has 3 heterocycles. The minimum absolute atomic E-state index is 0.0291. The molecule has 0 aliphatic rings. The lowest BCUT2D eigenvalue weighted by molar-refractivity contribution is -0.143. The Bertz CT molecular complexity index is 911. The third-order valence-corrected chi connectivity index (χ3v) is 3.48. The van der Waals surface area contributed by atoms with Crippen LogP contribution in [0.1, 0.15) is 28.7 Å². The first-order valence-corrected chi connectivity index (χ1v) is 7.10. The van der Waals surface area contributed by atoms with Gasteiger partial charge in [-0.05, 0) is 32.0 Å². The van der Waals surface area contributed by atoms with E-state index in [0.717, 1.165) is 11.9 Å². The van der Waals surface area contributed by atoms with Crippen molar-refractivity contribution in [2.24, 2.45) is 0 Å². The van der Waals surface area contributed by atoms with Crippen LogP contribution in [0, 0.1) is 6.92 Å². The van der Waals surface area contributed by atoms with Crippen LogP contribution in [0.3, 0.4) is 0 Å². The number of esters is 1. The number of nitrogens with zero attached hydrogens (tertiary/aromatic N) is 4. The molecule has 6 nitrogen and oxygen atoms in total. The maximum Gasteiger partial charge on any atom is 0.434 e. The number of carbonyl (C=O) groups excluding carboxylic acids is 1. The van der Waals surface area contributed by atoms with Crippen molar-refractivity contribution >= 4 is 11.5 Å². The van der Waals surface area contributed by atoms with E-state index in [1.807, 2.05) is 0 Å². The zero-order valence-electron chi connectivity index (χ0n) is 12.8. The molecular weight excluding hydrogens is 325 g/mol. The molecule has 3 aromatic rings. The fraction of sp³-hybridized carbons (Fsp3) is 0.267. The Morgan fingerprint density at radius 1 is 1.25 bits per heavy atom. The van der Waals surface area contributed by atoms with Crippen LogP contribution in [0.25, 0.3) is 11.2 Å². The predicted octanol–water partition coefficient (Wildman–Crippen LogP) is 3.02. The summed E-state index contributed by atoms with van der Waals surface area (Å²) in [6, 6.07) is 4.71. The van der Waals surface area contributed by atoms with Gasteiger partial charge in [-0.15, -0.1) is 0 Å². The summed E-state index contributed by atoms with van der Waals surface area (Å²) in [6.07, 6.45) is -2.43. The maximum atomic E-state index is 13.5. The van der Waals surface area contributed by atoms with Crippen LogP contribution >= 0.6 is 0 Å². The number of hydrogen-bond donors (Lipinski definition) is 0. The summed E-state index contributed by atoms with van der Waals surface area (Å²) in [5.41, 5.74) is -0.430. The number of alkyl halides is 3. The largest absolute Gasteiger partial charge is 0.462 e. The van der Waals surface area contributed by atoms with Crippen LogP contribution in [0.4, 0.5) is 13.2 Å². The number of halogens is 3. The van der Waals surface area contributed by atoms with E-state index in [2.05, 4.69) is 10.2 Å². The molecule has 126 valence electrons.